The van der Waals surface area contributed by atoms with Crippen LogP contribution in [0.25, 0.3) is 0 Å². The summed E-state index contributed by atoms with van der Waals surface area (Å²) in [5.41, 5.74) is 7.44. The Hall–Kier alpha value is -1.03. The minimum absolute atomic E-state index is 0.591. The summed E-state index contributed by atoms with van der Waals surface area (Å²) in [4.78, 5) is 0. The Balaban J connectivity index is 2.62. The first-order valence-corrected chi connectivity index (χ1v) is 6.16. The molecule has 15 heavy (non-hydrogen) atoms. The van der Waals surface area contributed by atoms with E-state index < -0.39 is 0 Å². The number of thioether (sulfide) groups is 1. The average Bonchev–Trinajstić information content (AvgIpc) is 2.27. The molecule has 0 aliphatic heterocycles. The summed E-state index contributed by atoms with van der Waals surface area (Å²) in [6, 6.07) is 5.73. The highest BCUT2D eigenvalue weighted by Gasteiger charge is 2.02. The Morgan fingerprint density at radius 3 is 2.87 bits per heavy atom. The topological polar surface area (TPSA) is 47.3 Å². The van der Waals surface area contributed by atoms with E-state index in [-0.39, 0.29) is 0 Å². The Morgan fingerprint density at radius 1 is 1.53 bits per heavy atom. The van der Waals surface area contributed by atoms with Crippen LogP contribution >= 0.6 is 11.8 Å². The molecule has 0 bridgehead atoms. The number of rotatable bonds is 5. The van der Waals surface area contributed by atoms with Gasteiger partial charge in [-0.3, -0.25) is 0 Å². The van der Waals surface area contributed by atoms with Crippen LogP contribution in [0.1, 0.15) is 6.92 Å². The molecular formula is C11H18N2OS. The van der Waals surface area contributed by atoms with Crippen LogP contribution in [0.4, 0.5) is 11.4 Å². The van der Waals surface area contributed by atoms with Crippen LogP contribution in [0.3, 0.4) is 0 Å². The minimum atomic E-state index is 0.591. The zero-order chi connectivity index (χ0) is 11.3. The number of benzene rings is 1. The van der Waals surface area contributed by atoms with Crippen LogP contribution in [0.2, 0.25) is 0 Å². The predicted molar refractivity (Wildman–Crippen MR) is 68.9 cm³/mol. The van der Waals surface area contributed by atoms with Crippen molar-refractivity contribution in [2.24, 2.45) is 0 Å². The number of hydrogen-bond acceptors (Lipinski definition) is 4. The maximum Gasteiger partial charge on any atom is 0.143 e. The quantitative estimate of drug-likeness (QED) is 0.757. The van der Waals surface area contributed by atoms with Gasteiger partial charge in [0.15, 0.2) is 0 Å². The van der Waals surface area contributed by atoms with E-state index in [1.54, 1.807) is 7.11 Å². The number of ether oxygens (including phenoxy) is 1. The van der Waals surface area contributed by atoms with Gasteiger partial charge in [-0.05, 0) is 18.4 Å². The fourth-order valence-electron chi connectivity index (χ4n) is 1.17. The van der Waals surface area contributed by atoms with E-state index in [4.69, 9.17) is 10.5 Å². The molecule has 1 aromatic rings. The Morgan fingerprint density at radius 2 is 2.27 bits per heavy atom. The monoisotopic (exact) mass is 226 g/mol. The minimum Gasteiger partial charge on any atom is -0.495 e. The number of nitrogens with one attached hydrogen (secondary N) is 1. The lowest BCUT2D eigenvalue weighted by Gasteiger charge is -2.12. The molecule has 0 radical (unpaired) electrons. The number of nitrogen functional groups attached to an aromatic ring is 1. The van der Waals surface area contributed by atoms with Crippen LogP contribution in [-0.2, 0) is 0 Å². The highest BCUT2D eigenvalue weighted by Crippen LogP contribution is 2.25. The molecule has 1 unspecified atom stereocenters. The molecule has 84 valence electrons. The van der Waals surface area contributed by atoms with Crippen LogP contribution in [0.15, 0.2) is 18.2 Å². The third-order valence-corrected chi connectivity index (χ3v) is 3.20. The van der Waals surface area contributed by atoms with E-state index in [0.717, 1.165) is 18.0 Å². The van der Waals surface area contributed by atoms with Gasteiger partial charge in [0.1, 0.15) is 5.75 Å². The summed E-state index contributed by atoms with van der Waals surface area (Å²) >= 11 is 1.84. The van der Waals surface area contributed by atoms with Gasteiger partial charge in [0, 0.05) is 23.5 Å². The van der Waals surface area contributed by atoms with Crippen molar-refractivity contribution in [3.8, 4) is 5.75 Å². The number of methoxy groups -OCH3 is 1. The molecule has 0 saturated carbocycles. The molecule has 0 aliphatic rings. The van der Waals surface area contributed by atoms with Gasteiger partial charge in [-0.1, -0.05) is 6.92 Å². The SMILES string of the molecule is COc1cc(NCC(C)SC)ccc1N. The van der Waals surface area contributed by atoms with Crippen molar-refractivity contribution in [1.82, 2.24) is 0 Å². The molecular weight excluding hydrogens is 208 g/mol. The fourth-order valence-corrected chi connectivity index (χ4v) is 1.42. The standard InChI is InChI=1S/C11H18N2OS/c1-8(15-3)7-13-9-4-5-10(12)11(6-9)14-2/h4-6,8,13H,7,12H2,1-3H3. The van der Waals surface area contributed by atoms with Crippen LogP contribution in [0, 0.1) is 0 Å². The van der Waals surface area contributed by atoms with Crippen molar-refractivity contribution < 1.29 is 4.74 Å². The molecule has 0 heterocycles. The first-order valence-electron chi connectivity index (χ1n) is 4.87. The molecule has 0 spiro atoms. The van der Waals surface area contributed by atoms with Gasteiger partial charge in [0.05, 0.1) is 12.8 Å². The summed E-state index contributed by atoms with van der Waals surface area (Å²) in [5, 5.41) is 3.93. The molecule has 0 aliphatic carbocycles. The molecule has 1 aromatic carbocycles. The first-order chi connectivity index (χ1) is 7.17. The zero-order valence-electron chi connectivity index (χ0n) is 9.41. The molecule has 0 fully saturated rings. The van der Waals surface area contributed by atoms with Crippen molar-refractivity contribution >= 4 is 23.1 Å². The maximum absolute atomic E-state index is 5.73. The second-order valence-electron chi connectivity index (χ2n) is 3.38. The molecule has 0 amide bonds. The highest BCUT2D eigenvalue weighted by molar-refractivity contribution is 7.99. The number of nitrogens with two attached hydrogens (primary N) is 1. The van der Waals surface area contributed by atoms with Gasteiger partial charge < -0.3 is 15.8 Å². The molecule has 0 saturated heterocycles. The Labute approximate surface area is 95.4 Å². The largest absolute Gasteiger partial charge is 0.495 e. The van der Waals surface area contributed by atoms with E-state index >= 15 is 0 Å². The Bertz CT molecular complexity index is 317. The van der Waals surface area contributed by atoms with Crippen molar-refractivity contribution in [2.75, 3.05) is 31.0 Å². The molecule has 1 rings (SSSR count). The van der Waals surface area contributed by atoms with Gasteiger partial charge in [-0.15, -0.1) is 0 Å². The maximum atomic E-state index is 5.73. The van der Waals surface area contributed by atoms with Gasteiger partial charge in [0.25, 0.3) is 0 Å². The van der Waals surface area contributed by atoms with Gasteiger partial charge in [-0.25, -0.2) is 0 Å². The normalized spacial score (nSPS) is 12.2. The molecule has 4 heteroatoms. The lowest BCUT2D eigenvalue weighted by molar-refractivity contribution is 0.417. The summed E-state index contributed by atoms with van der Waals surface area (Å²) in [7, 11) is 1.62. The van der Waals surface area contributed by atoms with Crippen molar-refractivity contribution in [2.45, 2.75) is 12.2 Å². The van der Waals surface area contributed by atoms with E-state index in [0.29, 0.717) is 10.9 Å². The average molecular weight is 226 g/mol. The lowest BCUT2D eigenvalue weighted by atomic mass is 10.2. The number of hydrogen-bond donors (Lipinski definition) is 2. The second kappa shape index (κ2) is 5.75. The molecule has 0 aromatic heterocycles. The van der Waals surface area contributed by atoms with E-state index in [2.05, 4.69) is 18.5 Å². The third kappa shape index (κ3) is 3.55. The van der Waals surface area contributed by atoms with Crippen molar-refractivity contribution in [1.29, 1.82) is 0 Å². The zero-order valence-corrected chi connectivity index (χ0v) is 10.2. The van der Waals surface area contributed by atoms with Crippen LogP contribution in [0.5, 0.6) is 5.75 Å². The summed E-state index contributed by atoms with van der Waals surface area (Å²) in [5.74, 6) is 0.719. The second-order valence-corrected chi connectivity index (χ2v) is 4.66. The van der Waals surface area contributed by atoms with Gasteiger partial charge >= 0.3 is 0 Å². The van der Waals surface area contributed by atoms with E-state index in [1.165, 1.54) is 0 Å². The summed E-state index contributed by atoms with van der Waals surface area (Å²) < 4.78 is 5.15. The first kappa shape index (κ1) is 12.0. The number of anilines is 2. The smallest absolute Gasteiger partial charge is 0.143 e. The van der Waals surface area contributed by atoms with Crippen molar-refractivity contribution in [3.05, 3.63) is 18.2 Å². The summed E-state index contributed by atoms with van der Waals surface area (Å²) in [6.45, 7) is 3.13. The van der Waals surface area contributed by atoms with Crippen molar-refractivity contribution in [3.63, 3.8) is 0 Å². The van der Waals surface area contributed by atoms with E-state index in [1.807, 2.05) is 30.0 Å². The molecule has 3 nitrogen and oxygen atoms in total. The molecule has 3 N–H and O–H groups in total. The predicted octanol–water partition coefficient (Wildman–Crippen LogP) is 2.44. The van der Waals surface area contributed by atoms with Crippen LogP contribution in [-0.4, -0.2) is 25.2 Å². The third-order valence-electron chi connectivity index (χ3n) is 2.23. The van der Waals surface area contributed by atoms with Gasteiger partial charge in [-0.2, -0.15) is 11.8 Å². The summed E-state index contributed by atoms with van der Waals surface area (Å²) in [6.07, 6.45) is 2.11. The van der Waals surface area contributed by atoms with Crippen LogP contribution < -0.4 is 15.8 Å². The Kier molecular flexibility index (Phi) is 4.62. The highest BCUT2D eigenvalue weighted by atomic mass is 32.2. The molecule has 1 atom stereocenters. The lowest BCUT2D eigenvalue weighted by Crippen LogP contribution is -2.12. The van der Waals surface area contributed by atoms with E-state index in [9.17, 15) is 0 Å². The fraction of sp³-hybridized carbons (Fsp3) is 0.455. The van der Waals surface area contributed by atoms with Gasteiger partial charge in [0.2, 0.25) is 0 Å².